The molecule has 0 bridgehead atoms. The second-order valence-electron chi connectivity index (χ2n) is 5.65. The zero-order chi connectivity index (χ0) is 16.7. The lowest BCUT2D eigenvalue weighted by molar-refractivity contribution is 0.472. The molecule has 1 heterocycles. The van der Waals surface area contributed by atoms with E-state index in [1.165, 1.54) is 0 Å². The molecule has 0 aliphatic carbocycles. The van der Waals surface area contributed by atoms with Crippen molar-refractivity contribution in [2.45, 2.75) is 11.4 Å². The topological polar surface area (TPSA) is 66.8 Å². The fraction of sp³-hybridized carbons (Fsp3) is 0.0526. The lowest BCUT2D eigenvalue weighted by atomic mass is 10.0. The maximum Gasteiger partial charge on any atom is 0.191 e. The number of hydrogen-bond acceptors (Lipinski definition) is 4. The quantitative estimate of drug-likeness (QED) is 0.698. The summed E-state index contributed by atoms with van der Waals surface area (Å²) in [5.41, 5.74) is 3.43. The van der Waals surface area contributed by atoms with E-state index in [4.69, 9.17) is 0 Å². The molecular formula is C19H15NO3S. The van der Waals surface area contributed by atoms with Gasteiger partial charge < -0.3 is 14.8 Å². The second-order valence-corrected chi connectivity index (χ2v) is 7.03. The Morgan fingerprint density at radius 3 is 2.25 bits per heavy atom. The third kappa shape index (κ3) is 2.48. The molecule has 3 aromatic rings. The van der Waals surface area contributed by atoms with Crippen LogP contribution in [0, 0.1) is 0 Å². The summed E-state index contributed by atoms with van der Waals surface area (Å²) < 4.78 is 14.8. The Morgan fingerprint density at radius 2 is 1.50 bits per heavy atom. The molecule has 0 radical (unpaired) electrons. The summed E-state index contributed by atoms with van der Waals surface area (Å²) in [5.74, 6) is 0.218. The predicted molar refractivity (Wildman–Crippen MR) is 94.2 cm³/mol. The van der Waals surface area contributed by atoms with Crippen LogP contribution < -0.4 is 4.31 Å². The van der Waals surface area contributed by atoms with Crippen molar-refractivity contribution in [1.82, 2.24) is 0 Å². The van der Waals surface area contributed by atoms with Gasteiger partial charge in [0.2, 0.25) is 0 Å². The van der Waals surface area contributed by atoms with Gasteiger partial charge in [0, 0.05) is 23.3 Å². The highest BCUT2D eigenvalue weighted by Crippen LogP contribution is 2.45. The average Bonchev–Trinajstić information content (AvgIpc) is 2.59. The third-order valence-electron chi connectivity index (χ3n) is 4.06. The van der Waals surface area contributed by atoms with Gasteiger partial charge in [0.25, 0.3) is 0 Å². The van der Waals surface area contributed by atoms with E-state index < -0.39 is 11.4 Å². The maximum absolute atomic E-state index is 13.1. The van der Waals surface area contributed by atoms with Crippen LogP contribution in [-0.4, -0.2) is 14.8 Å². The van der Waals surface area contributed by atoms with E-state index in [0.29, 0.717) is 11.4 Å². The van der Waals surface area contributed by atoms with Crippen LogP contribution in [0.4, 0.5) is 5.69 Å². The number of fused-ring (bicyclic) bond motifs is 3. The van der Waals surface area contributed by atoms with E-state index in [1.807, 2.05) is 36.4 Å². The molecule has 1 atom stereocenters. The summed E-state index contributed by atoms with van der Waals surface area (Å²) in [6.07, 6.45) is 0. The molecule has 4 nitrogen and oxygen atoms in total. The number of phenolic OH excluding ortho intramolecular Hbond substituents is 2. The van der Waals surface area contributed by atoms with Gasteiger partial charge in [-0.3, -0.25) is 0 Å². The Balaban J connectivity index is 1.87. The lowest BCUT2D eigenvalue weighted by Crippen LogP contribution is -2.33. The first-order valence-corrected chi connectivity index (χ1v) is 8.64. The maximum atomic E-state index is 13.1. The average molecular weight is 337 g/mol. The Hall–Kier alpha value is -2.63. The first-order valence-electron chi connectivity index (χ1n) is 7.53. The van der Waals surface area contributed by atoms with Gasteiger partial charge in [-0.25, -0.2) is 0 Å². The van der Waals surface area contributed by atoms with Gasteiger partial charge in [-0.1, -0.05) is 30.3 Å². The van der Waals surface area contributed by atoms with E-state index >= 15 is 0 Å². The van der Waals surface area contributed by atoms with E-state index in [2.05, 4.69) is 0 Å². The van der Waals surface area contributed by atoms with Crippen molar-refractivity contribution in [3.8, 4) is 22.6 Å². The lowest BCUT2D eigenvalue weighted by Gasteiger charge is -2.32. The van der Waals surface area contributed by atoms with Gasteiger partial charge in [-0.15, -0.1) is 0 Å². The first kappa shape index (κ1) is 14.9. The molecule has 0 saturated carbocycles. The molecule has 0 fully saturated rings. The molecule has 2 N–H and O–H groups in total. The van der Waals surface area contributed by atoms with Crippen molar-refractivity contribution in [1.29, 1.82) is 0 Å². The number of aromatic hydroxyl groups is 2. The SMILES string of the molecule is [O-][S+]1c2cc(O)ccc2-c2ccc(O)cc2N1Cc1ccccc1. The van der Waals surface area contributed by atoms with Crippen LogP contribution in [0.2, 0.25) is 0 Å². The molecule has 4 rings (SSSR count). The van der Waals surface area contributed by atoms with E-state index in [-0.39, 0.29) is 11.5 Å². The first-order chi connectivity index (χ1) is 11.6. The van der Waals surface area contributed by atoms with Crippen LogP contribution in [0.25, 0.3) is 11.1 Å². The van der Waals surface area contributed by atoms with Crippen LogP contribution in [0.5, 0.6) is 11.5 Å². The monoisotopic (exact) mass is 337 g/mol. The minimum Gasteiger partial charge on any atom is -0.588 e. The third-order valence-corrected chi connectivity index (χ3v) is 5.50. The molecule has 0 aromatic heterocycles. The molecule has 0 amide bonds. The molecule has 1 aliphatic rings. The van der Waals surface area contributed by atoms with Crippen molar-refractivity contribution in [3.63, 3.8) is 0 Å². The van der Waals surface area contributed by atoms with Crippen molar-refractivity contribution in [2.24, 2.45) is 0 Å². The molecule has 1 aliphatic heterocycles. The standard InChI is InChI=1S/C19H15NO3S/c21-14-6-8-16-17-9-7-15(22)11-19(17)24(23)20(18(16)10-14)12-13-4-2-1-3-5-13/h1-11,21-22H,12H2. The number of benzene rings is 3. The zero-order valence-corrected chi connectivity index (χ0v) is 13.5. The molecular weight excluding hydrogens is 322 g/mol. The molecule has 24 heavy (non-hydrogen) atoms. The van der Waals surface area contributed by atoms with Crippen LogP contribution >= 0.6 is 0 Å². The summed E-state index contributed by atoms with van der Waals surface area (Å²) in [7, 11) is 0. The van der Waals surface area contributed by atoms with E-state index in [1.54, 1.807) is 34.6 Å². The minimum atomic E-state index is -1.47. The smallest absolute Gasteiger partial charge is 0.191 e. The minimum absolute atomic E-state index is 0.0870. The number of phenols is 2. The summed E-state index contributed by atoms with van der Waals surface area (Å²) >= 11 is -1.47. The van der Waals surface area contributed by atoms with Crippen molar-refractivity contribution >= 4 is 17.0 Å². The highest BCUT2D eigenvalue weighted by molar-refractivity contribution is 7.93. The number of anilines is 1. The van der Waals surface area contributed by atoms with Gasteiger partial charge in [0.1, 0.15) is 22.9 Å². The molecule has 120 valence electrons. The summed E-state index contributed by atoms with van der Waals surface area (Å²) in [4.78, 5) is 0.573. The summed E-state index contributed by atoms with van der Waals surface area (Å²) in [5, 5.41) is 19.7. The fourth-order valence-electron chi connectivity index (χ4n) is 2.93. The summed E-state index contributed by atoms with van der Waals surface area (Å²) in [6, 6.07) is 19.7. The molecule has 1 unspecified atom stereocenters. The highest BCUT2D eigenvalue weighted by atomic mass is 32.2. The normalized spacial score (nSPS) is 15.7. The van der Waals surface area contributed by atoms with Crippen LogP contribution in [0.15, 0.2) is 71.6 Å². The predicted octanol–water partition coefficient (Wildman–Crippen LogP) is 3.81. The molecule has 0 saturated heterocycles. The van der Waals surface area contributed by atoms with E-state index in [0.717, 1.165) is 22.4 Å². The second kappa shape index (κ2) is 5.78. The van der Waals surface area contributed by atoms with Gasteiger partial charge in [0.15, 0.2) is 4.90 Å². The van der Waals surface area contributed by atoms with Gasteiger partial charge in [-0.2, -0.15) is 4.31 Å². The van der Waals surface area contributed by atoms with Crippen LogP contribution in [0.3, 0.4) is 0 Å². The van der Waals surface area contributed by atoms with Gasteiger partial charge >= 0.3 is 0 Å². The summed E-state index contributed by atoms with van der Waals surface area (Å²) in [6.45, 7) is 0.443. The Bertz CT molecular complexity index is 898. The van der Waals surface area contributed by atoms with Gasteiger partial charge in [0.05, 0.1) is 12.2 Å². The van der Waals surface area contributed by atoms with Gasteiger partial charge in [-0.05, 0) is 29.8 Å². The Kier molecular flexibility index (Phi) is 3.59. The zero-order valence-electron chi connectivity index (χ0n) is 12.7. The van der Waals surface area contributed by atoms with Crippen molar-refractivity contribution in [2.75, 3.05) is 4.31 Å². The number of rotatable bonds is 2. The van der Waals surface area contributed by atoms with Crippen LogP contribution in [0.1, 0.15) is 5.56 Å². The van der Waals surface area contributed by atoms with Crippen LogP contribution in [-0.2, 0) is 17.9 Å². The number of nitrogens with zero attached hydrogens (tertiary/aromatic N) is 1. The van der Waals surface area contributed by atoms with Crippen molar-refractivity contribution < 1.29 is 14.8 Å². The molecule has 5 heteroatoms. The molecule has 3 aromatic carbocycles. The van der Waals surface area contributed by atoms with E-state index in [9.17, 15) is 14.8 Å². The highest BCUT2D eigenvalue weighted by Gasteiger charge is 2.35. The fourth-order valence-corrected chi connectivity index (χ4v) is 4.35. The molecule has 0 spiro atoms. The number of hydrogen-bond donors (Lipinski definition) is 2. The van der Waals surface area contributed by atoms with Crippen molar-refractivity contribution in [3.05, 3.63) is 72.3 Å². The Morgan fingerprint density at radius 1 is 0.833 bits per heavy atom. The largest absolute Gasteiger partial charge is 0.588 e. The Labute approximate surface area is 142 Å².